The van der Waals surface area contributed by atoms with E-state index in [2.05, 4.69) is 42.2 Å². The molecule has 112 valence electrons. The number of pyridine rings is 1. The van der Waals surface area contributed by atoms with Crippen LogP contribution < -0.4 is 5.32 Å². The summed E-state index contributed by atoms with van der Waals surface area (Å²) in [4.78, 5) is 16.2. The highest BCUT2D eigenvalue weighted by Gasteiger charge is 2.09. The monoisotopic (exact) mass is 421 g/mol. The Balaban J connectivity index is 2.02. The molecule has 0 fully saturated rings. The van der Waals surface area contributed by atoms with Gasteiger partial charge in [0.25, 0.3) is 0 Å². The molecule has 2 aromatic heterocycles. The molecule has 1 aromatic carbocycles. The third-order valence-electron chi connectivity index (χ3n) is 3.24. The number of halogens is 2. The van der Waals surface area contributed by atoms with Crippen LogP contribution in [0.3, 0.4) is 0 Å². The fraction of sp³-hybridized carbons (Fsp3) is 0.125. The first-order valence-electron chi connectivity index (χ1n) is 6.81. The molecule has 6 heteroatoms. The van der Waals surface area contributed by atoms with E-state index in [1.54, 1.807) is 0 Å². The molecule has 0 saturated heterocycles. The van der Waals surface area contributed by atoms with E-state index in [1.807, 2.05) is 54.0 Å². The Morgan fingerprint density at radius 3 is 2.86 bits per heavy atom. The van der Waals surface area contributed by atoms with Crippen LogP contribution in [-0.2, 0) is 4.79 Å². The van der Waals surface area contributed by atoms with E-state index in [-0.39, 0.29) is 5.91 Å². The number of rotatable bonds is 3. The molecule has 3 rings (SSSR count). The molecule has 3 aromatic rings. The third kappa shape index (κ3) is 3.08. The highest BCUT2D eigenvalue weighted by molar-refractivity contribution is 9.11. The van der Waals surface area contributed by atoms with E-state index in [9.17, 15) is 4.79 Å². The van der Waals surface area contributed by atoms with Gasteiger partial charge in [-0.1, -0.05) is 19.1 Å². The molecule has 1 N–H and O–H groups in total. The molecular weight excluding hydrogens is 410 g/mol. The molecule has 2 heterocycles. The number of carbonyl (C=O) groups excluding carboxylic acids is 1. The Hall–Kier alpha value is -1.66. The lowest BCUT2D eigenvalue weighted by molar-refractivity contribution is -0.115. The van der Waals surface area contributed by atoms with Crippen molar-refractivity contribution in [3.05, 3.63) is 51.7 Å². The Morgan fingerprint density at radius 1 is 1.27 bits per heavy atom. The van der Waals surface area contributed by atoms with Crippen molar-refractivity contribution in [3.63, 3.8) is 0 Å². The minimum Gasteiger partial charge on any atom is -0.326 e. The number of fused-ring (bicyclic) bond motifs is 1. The molecule has 0 aliphatic rings. The Labute approximate surface area is 144 Å². The first kappa shape index (κ1) is 15.2. The lowest BCUT2D eigenvalue weighted by atomic mass is 10.1. The Morgan fingerprint density at radius 2 is 2.09 bits per heavy atom. The summed E-state index contributed by atoms with van der Waals surface area (Å²) in [6, 6.07) is 9.66. The van der Waals surface area contributed by atoms with Crippen LogP contribution in [0.4, 0.5) is 5.69 Å². The second-order valence-corrected chi connectivity index (χ2v) is 6.62. The van der Waals surface area contributed by atoms with Crippen LogP contribution >= 0.6 is 31.9 Å². The van der Waals surface area contributed by atoms with Crippen molar-refractivity contribution in [3.8, 4) is 11.3 Å². The van der Waals surface area contributed by atoms with Gasteiger partial charge in [0.1, 0.15) is 0 Å². The second-order valence-electron chi connectivity index (χ2n) is 4.85. The number of amides is 1. The molecule has 0 unspecified atom stereocenters. The van der Waals surface area contributed by atoms with Gasteiger partial charge in [-0.25, -0.2) is 4.98 Å². The maximum absolute atomic E-state index is 11.5. The van der Waals surface area contributed by atoms with Crippen LogP contribution in [0.25, 0.3) is 16.9 Å². The quantitative estimate of drug-likeness (QED) is 0.654. The van der Waals surface area contributed by atoms with Crippen molar-refractivity contribution < 1.29 is 4.79 Å². The molecule has 0 aliphatic carbocycles. The van der Waals surface area contributed by atoms with Gasteiger partial charge in [0.05, 0.1) is 10.2 Å². The molecule has 0 aliphatic heterocycles. The Bertz CT molecular complexity index is 858. The summed E-state index contributed by atoms with van der Waals surface area (Å²) in [5, 5.41) is 2.87. The van der Waals surface area contributed by atoms with E-state index >= 15 is 0 Å². The van der Waals surface area contributed by atoms with Gasteiger partial charge in [0, 0.05) is 34.5 Å². The van der Waals surface area contributed by atoms with Crippen molar-refractivity contribution in [2.24, 2.45) is 0 Å². The maximum Gasteiger partial charge on any atom is 0.224 e. The van der Waals surface area contributed by atoms with Gasteiger partial charge in [-0.2, -0.15) is 0 Å². The molecule has 22 heavy (non-hydrogen) atoms. The predicted octanol–water partition coefficient (Wildman–Crippen LogP) is 4.87. The number of imidazole rings is 1. The average molecular weight is 423 g/mol. The van der Waals surface area contributed by atoms with Gasteiger partial charge < -0.3 is 9.72 Å². The zero-order valence-electron chi connectivity index (χ0n) is 11.8. The fourth-order valence-corrected chi connectivity index (χ4v) is 3.47. The number of aromatic nitrogens is 2. The molecule has 0 spiro atoms. The van der Waals surface area contributed by atoms with Crippen molar-refractivity contribution in [1.82, 2.24) is 9.38 Å². The summed E-state index contributed by atoms with van der Waals surface area (Å²) in [6.45, 7) is 1.83. The number of hydrogen-bond donors (Lipinski definition) is 1. The van der Waals surface area contributed by atoms with Gasteiger partial charge in [0.2, 0.25) is 5.91 Å². The maximum atomic E-state index is 11.5. The van der Waals surface area contributed by atoms with Crippen molar-refractivity contribution in [2.75, 3.05) is 5.32 Å². The smallest absolute Gasteiger partial charge is 0.224 e. The highest BCUT2D eigenvalue weighted by Crippen LogP contribution is 2.27. The largest absolute Gasteiger partial charge is 0.326 e. The lowest BCUT2D eigenvalue weighted by Gasteiger charge is -2.04. The Kier molecular flexibility index (Phi) is 4.31. The number of anilines is 1. The molecule has 4 nitrogen and oxygen atoms in total. The number of hydrogen-bond acceptors (Lipinski definition) is 2. The summed E-state index contributed by atoms with van der Waals surface area (Å²) in [5.41, 5.74) is 3.44. The average Bonchev–Trinajstić information content (AvgIpc) is 2.91. The van der Waals surface area contributed by atoms with E-state index in [1.165, 1.54) is 0 Å². The van der Waals surface area contributed by atoms with Crippen molar-refractivity contribution in [2.45, 2.75) is 13.3 Å². The molecule has 0 radical (unpaired) electrons. The number of nitrogens with one attached hydrogen (secondary N) is 1. The normalized spacial score (nSPS) is 10.9. The number of nitrogens with zero attached hydrogens (tertiary/aromatic N) is 2. The van der Waals surface area contributed by atoms with Gasteiger partial charge in [-0.3, -0.25) is 4.79 Å². The first-order valence-corrected chi connectivity index (χ1v) is 8.39. The van der Waals surface area contributed by atoms with Crippen molar-refractivity contribution in [1.29, 1.82) is 0 Å². The number of carbonyl (C=O) groups is 1. The zero-order chi connectivity index (χ0) is 15.7. The van der Waals surface area contributed by atoms with Gasteiger partial charge >= 0.3 is 0 Å². The summed E-state index contributed by atoms with van der Waals surface area (Å²) >= 11 is 6.99. The van der Waals surface area contributed by atoms with Crippen molar-refractivity contribution >= 4 is 49.1 Å². The summed E-state index contributed by atoms with van der Waals surface area (Å²) in [7, 11) is 0. The minimum absolute atomic E-state index is 0.00109. The minimum atomic E-state index is -0.00109. The third-order valence-corrected chi connectivity index (χ3v) is 4.25. The second kappa shape index (κ2) is 6.22. The molecular formula is C16H13Br2N3O. The fourth-order valence-electron chi connectivity index (χ4n) is 2.17. The number of benzene rings is 1. The standard InChI is InChI=1S/C16H13Br2N3O/c1-2-15(22)19-12-5-3-4-10(6-12)14-9-21-8-11(17)7-13(18)16(21)20-14/h3-9H,2H2,1H3,(H,19,22). The van der Waals surface area contributed by atoms with Gasteiger partial charge in [0.15, 0.2) is 5.65 Å². The van der Waals surface area contributed by atoms with Crippen LogP contribution in [0.1, 0.15) is 13.3 Å². The van der Waals surface area contributed by atoms with Gasteiger partial charge in [-0.05, 0) is 50.1 Å². The van der Waals surface area contributed by atoms with Crippen LogP contribution in [0.15, 0.2) is 51.7 Å². The molecule has 0 saturated carbocycles. The topological polar surface area (TPSA) is 46.4 Å². The van der Waals surface area contributed by atoms with Crippen LogP contribution in [0.5, 0.6) is 0 Å². The zero-order valence-corrected chi connectivity index (χ0v) is 15.0. The van der Waals surface area contributed by atoms with E-state index in [4.69, 9.17) is 0 Å². The molecule has 0 bridgehead atoms. The molecule has 1 amide bonds. The first-order chi connectivity index (χ1) is 10.6. The lowest BCUT2D eigenvalue weighted by Crippen LogP contribution is -2.09. The summed E-state index contributed by atoms with van der Waals surface area (Å²) in [6.07, 6.45) is 4.38. The highest BCUT2D eigenvalue weighted by atomic mass is 79.9. The van der Waals surface area contributed by atoms with Gasteiger partial charge in [-0.15, -0.1) is 0 Å². The van der Waals surface area contributed by atoms with E-state index in [0.717, 1.165) is 31.5 Å². The van der Waals surface area contributed by atoms with E-state index < -0.39 is 0 Å². The summed E-state index contributed by atoms with van der Waals surface area (Å²) < 4.78 is 3.85. The van der Waals surface area contributed by atoms with Crippen LogP contribution in [-0.4, -0.2) is 15.3 Å². The molecule has 0 atom stereocenters. The van der Waals surface area contributed by atoms with E-state index in [0.29, 0.717) is 6.42 Å². The summed E-state index contributed by atoms with van der Waals surface area (Å²) in [5.74, 6) is -0.00109. The SMILES string of the molecule is CCC(=O)Nc1cccc(-c2cn3cc(Br)cc(Br)c3n2)c1. The predicted molar refractivity (Wildman–Crippen MR) is 94.9 cm³/mol. The van der Waals surface area contributed by atoms with Crippen LogP contribution in [0.2, 0.25) is 0 Å². The van der Waals surface area contributed by atoms with Crippen LogP contribution in [0, 0.1) is 0 Å².